The molecule has 0 spiro atoms. The Morgan fingerprint density at radius 3 is 2.28 bits per heavy atom. The lowest BCUT2D eigenvalue weighted by Crippen LogP contribution is -2.27. The first-order valence-electron chi connectivity index (χ1n) is 12.5. The Bertz CT molecular complexity index is 881. The van der Waals surface area contributed by atoms with E-state index in [1.54, 1.807) is 24.3 Å². The van der Waals surface area contributed by atoms with Gasteiger partial charge < -0.3 is 41.6 Å². The van der Waals surface area contributed by atoms with Crippen molar-refractivity contribution in [2.75, 3.05) is 68.6 Å². The molecule has 0 atom stereocenters. The molecule has 0 fully saturated rings. The van der Waals surface area contributed by atoms with Gasteiger partial charge in [-0.15, -0.1) is 0 Å². The second-order valence-corrected chi connectivity index (χ2v) is 7.94. The Labute approximate surface area is 212 Å². The Morgan fingerprint density at radius 2 is 1.61 bits per heavy atom. The maximum atomic E-state index is 12.4. The van der Waals surface area contributed by atoms with Gasteiger partial charge in [-0.3, -0.25) is 4.79 Å². The summed E-state index contributed by atoms with van der Waals surface area (Å²) in [7, 11) is 0. The monoisotopic (exact) mass is 504 g/mol. The number of amides is 1. The molecule has 1 aromatic heterocycles. The van der Waals surface area contributed by atoms with Gasteiger partial charge in [-0.25, -0.2) is 0 Å². The van der Waals surface area contributed by atoms with Crippen LogP contribution in [0.4, 0.5) is 23.5 Å². The van der Waals surface area contributed by atoms with Crippen LogP contribution in [-0.4, -0.2) is 84.7 Å². The van der Waals surface area contributed by atoms with Crippen molar-refractivity contribution in [3.05, 3.63) is 29.8 Å². The fourth-order valence-corrected chi connectivity index (χ4v) is 3.11. The van der Waals surface area contributed by atoms with Gasteiger partial charge in [0.25, 0.3) is 5.91 Å². The minimum absolute atomic E-state index is 0.0825. The standard InChI is InChI=1S/C24H40N8O4/c1-3-19(4-2)28-23-30-22(27-11-5-13-33)31-24(32-23)29-20-8-6-18(7-9-20)21(34)26-12-15-36-17-16-35-14-10-25/h6-9,19,33H,3-5,10-17,25H2,1-2H3,(H,26,34)(H3,27,28,29,30,31,32). The largest absolute Gasteiger partial charge is 0.396 e. The molecule has 0 aliphatic carbocycles. The van der Waals surface area contributed by atoms with Crippen molar-refractivity contribution in [2.45, 2.75) is 39.2 Å². The SMILES string of the molecule is CCC(CC)Nc1nc(NCCCO)nc(Nc2ccc(C(=O)NCCOCCOCCN)cc2)n1. The molecule has 12 nitrogen and oxygen atoms in total. The van der Waals surface area contributed by atoms with Crippen LogP contribution in [-0.2, 0) is 9.47 Å². The summed E-state index contributed by atoms with van der Waals surface area (Å²) in [5.41, 5.74) is 6.61. The number of rotatable bonds is 19. The van der Waals surface area contributed by atoms with Crippen LogP contribution in [0.5, 0.6) is 0 Å². The Balaban J connectivity index is 1.92. The van der Waals surface area contributed by atoms with Crippen LogP contribution in [0.25, 0.3) is 0 Å². The van der Waals surface area contributed by atoms with E-state index in [-0.39, 0.29) is 18.6 Å². The number of nitrogens with two attached hydrogens (primary N) is 1. The molecule has 0 aliphatic heterocycles. The molecular formula is C24H40N8O4. The molecule has 36 heavy (non-hydrogen) atoms. The topological polar surface area (TPSA) is 169 Å². The Morgan fingerprint density at radius 1 is 0.944 bits per heavy atom. The summed E-state index contributed by atoms with van der Waals surface area (Å²) in [6, 6.07) is 7.28. The summed E-state index contributed by atoms with van der Waals surface area (Å²) < 4.78 is 10.6. The third kappa shape index (κ3) is 11.1. The highest BCUT2D eigenvalue weighted by Gasteiger charge is 2.11. The van der Waals surface area contributed by atoms with Crippen LogP contribution in [0.3, 0.4) is 0 Å². The maximum absolute atomic E-state index is 12.4. The number of nitrogens with zero attached hydrogens (tertiary/aromatic N) is 3. The van der Waals surface area contributed by atoms with Gasteiger partial charge in [-0.2, -0.15) is 15.0 Å². The van der Waals surface area contributed by atoms with E-state index < -0.39 is 0 Å². The second-order valence-electron chi connectivity index (χ2n) is 7.94. The molecule has 0 aliphatic rings. The first-order valence-corrected chi connectivity index (χ1v) is 12.5. The van der Waals surface area contributed by atoms with E-state index >= 15 is 0 Å². The molecule has 0 saturated carbocycles. The number of carbonyl (C=O) groups is 1. The van der Waals surface area contributed by atoms with E-state index in [2.05, 4.69) is 50.1 Å². The van der Waals surface area contributed by atoms with Gasteiger partial charge >= 0.3 is 0 Å². The second kappa shape index (κ2) is 17.4. The van der Waals surface area contributed by atoms with Crippen LogP contribution in [0.2, 0.25) is 0 Å². The lowest BCUT2D eigenvalue weighted by atomic mass is 10.2. The van der Waals surface area contributed by atoms with Crippen molar-refractivity contribution >= 4 is 29.4 Å². The number of aliphatic hydroxyl groups is 1. The van der Waals surface area contributed by atoms with Crippen molar-refractivity contribution in [2.24, 2.45) is 5.73 Å². The number of aliphatic hydroxyl groups excluding tert-OH is 1. The third-order valence-electron chi connectivity index (χ3n) is 5.14. The molecular weight excluding hydrogens is 464 g/mol. The van der Waals surface area contributed by atoms with Crippen molar-refractivity contribution in [3.63, 3.8) is 0 Å². The quantitative estimate of drug-likeness (QED) is 0.154. The molecule has 12 heteroatoms. The number of anilines is 4. The summed E-state index contributed by atoms with van der Waals surface area (Å²) >= 11 is 0. The maximum Gasteiger partial charge on any atom is 0.251 e. The van der Waals surface area contributed by atoms with Gasteiger partial charge in [0.05, 0.1) is 26.4 Å². The minimum Gasteiger partial charge on any atom is -0.396 e. The van der Waals surface area contributed by atoms with E-state index in [1.807, 2.05) is 0 Å². The predicted octanol–water partition coefficient (Wildman–Crippen LogP) is 1.73. The van der Waals surface area contributed by atoms with Crippen molar-refractivity contribution in [1.29, 1.82) is 0 Å². The van der Waals surface area contributed by atoms with Gasteiger partial charge in [0.15, 0.2) is 0 Å². The molecule has 7 N–H and O–H groups in total. The van der Waals surface area contributed by atoms with E-state index in [9.17, 15) is 4.79 Å². The fraction of sp³-hybridized carbons (Fsp3) is 0.583. The number of hydrogen-bond acceptors (Lipinski definition) is 11. The van der Waals surface area contributed by atoms with E-state index in [0.29, 0.717) is 75.9 Å². The van der Waals surface area contributed by atoms with E-state index in [0.717, 1.165) is 18.5 Å². The van der Waals surface area contributed by atoms with Crippen molar-refractivity contribution in [3.8, 4) is 0 Å². The highest BCUT2D eigenvalue weighted by molar-refractivity contribution is 5.94. The van der Waals surface area contributed by atoms with Gasteiger partial charge in [-0.1, -0.05) is 13.8 Å². The number of carbonyl (C=O) groups excluding carboxylic acids is 1. The first kappa shape index (κ1) is 29.2. The molecule has 1 heterocycles. The fourth-order valence-electron chi connectivity index (χ4n) is 3.11. The van der Waals surface area contributed by atoms with Crippen LogP contribution in [0.15, 0.2) is 24.3 Å². The average Bonchev–Trinajstić information content (AvgIpc) is 2.89. The number of nitrogens with one attached hydrogen (secondary N) is 4. The van der Waals surface area contributed by atoms with Gasteiger partial charge in [0, 0.05) is 43.5 Å². The van der Waals surface area contributed by atoms with Gasteiger partial charge in [-0.05, 0) is 43.5 Å². The number of aromatic nitrogens is 3. The smallest absolute Gasteiger partial charge is 0.251 e. The number of ether oxygens (including phenoxy) is 2. The van der Waals surface area contributed by atoms with E-state index in [4.69, 9.17) is 20.3 Å². The molecule has 200 valence electrons. The van der Waals surface area contributed by atoms with Crippen molar-refractivity contribution in [1.82, 2.24) is 20.3 Å². The molecule has 0 radical (unpaired) electrons. The minimum atomic E-state index is -0.184. The summed E-state index contributed by atoms with van der Waals surface area (Å²) in [6.07, 6.45) is 2.47. The highest BCUT2D eigenvalue weighted by atomic mass is 16.5. The predicted molar refractivity (Wildman–Crippen MR) is 141 cm³/mol. The normalized spacial score (nSPS) is 10.9. The lowest BCUT2D eigenvalue weighted by molar-refractivity contribution is 0.0511. The molecule has 0 unspecified atom stereocenters. The van der Waals surface area contributed by atoms with Gasteiger partial charge in [0.1, 0.15) is 0 Å². The summed E-state index contributed by atoms with van der Waals surface area (Å²) in [4.78, 5) is 25.7. The summed E-state index contributed by atoms with van der Waals surface area (Å²) in [5, 5.41) is 21.5. The molecule has 1 aromatic carbocycles. The van der Waals surface area contributed by atoms with Gasteiger partial charge in [0.2, 0.25) is 17.8 Å². The number of benzene rings is 1. The molecule has 0 saturated heterocycles. The molecule has 0 bridgehead atoms. The molecule has 2 aromatic rings. The zero-order valence-electron chi connectivity index (χ0n) is 21.3. The molecule has 2 rings (SSSR count). The lowest BCUT2D eigenvalue weighted by Gasteiger charge is -2.16. The highest BCUT2D eigenvalue weighted by Crippen LogP contribution is 2.18. The Kier molecular flexibility index (Phi) is 14.1. The number of hydrogen-bond donors (Lipinski definition) is 6. The van der Waals surface area contributed by atoms with Crippen molar-refractivity contribution < 1.29 is 19.4 Å². The van der Waals surface area contributed by atoms with Crippen LogP contribution < -0.4 is 27.0 Å². The van der Waals surface area contributed by atoms with Crippen LogP contribution in [0.1, 0.15) is 43.5 Å². The van der Waals surface area contributed by atoms with Crippen LogP contribution in [0, 0.1) is 0 Å². The average molecular weight is 505 g/mol. The van der Waals surface area contributed by atoms with Crippen LogP contribution >= 0.6 is 0 Å². The Hall–Kier alpha value is -3.06. The zero-order valence-corrected chi connectivity index (χ0v) is 21.3. The summed E-state index contributed by atoms with van der Waals surface area (Å²) in [5.74, 6) is 1.07. The third-order valence-corrected chi connectivity index (χ3v) is 5.14. The summed E-state index contributed by atoms with van der Waals surface area (Å²) in [6.45, 7) is 7.57. The zero-order chi connectivity index (χ0) is 26.0. The molecule has 1 amide bonds. The first-order chi connectivity index (χ1) is 17.6. The van der Waals surface area contributed by atoms with E-state index in [1.165, 1.54) is 0 Å².